The predicted molar refractivity (Wildman–Crippen MR) is 66.6 cm³/mol. The van der Waals surface area contributed by atoms with Gasteiger partial charge in [-0.1, -0.05) is 47.8 Å². The van der Waals surface area contributed by atoms with E-state index < -0.39 is 18.0 Å². The summed E-state index contributed by atoms with van der Waals surface area (Å²) in [4.78, 5) is 0. The number of rotatable bonds is 3. The molecule has 6 heteroatoms. The van der Waals surface area contributed by atoms with E-state index in [1.807, 2.05) is 0 Å². The van der Waals surface area contributed by atoms with Gasteiger partial charge in [-0.3, -0.25) is 0 Å². The van der Waals surface area contributed by atoms with Crippen LogP contribution in [-0.4, -0.2) is 21.6 Å². The van der Waals surface area contributed by atoms with Crippen molar-refractivity contribution in [3.8, 4) is 0 Å². The van der Waals surface area contributed by atoms with Gasteiger partial charge in [-0.2, -0.15) is 0 Å². The van der Waals surface area contributed by atoms with E-state index >= 15 is 0 Å². The molecule has 0 radical (unpaired) electrons. The van der Waals surface area contributed by atoms with E-state index in [-0.39, 0.29) is 5.33 Å². The minimum atomic E-state index is -1.08. The molecule has 0 aromatic heterocycles. The normalized spacial score (nSPS) is 15.1. The molecule has 0 bridgehead atoms. The maximum atomic E-state index is 12.9. The van der Waals surface area contributed by atoms with Crippen LogP contribution in [0.4, 0.5) is 4.39 Å². The summed E-state index contributed by atoms with van der Waals surface area (Å²) in [5.74, 6) is -0.418. The van der Waals surface area contributed by atoms with E-state index in [0.717, 1.165) is 0 Å². The number of hydrogen-bond acceptors (Lipinski definition) is 2. The zero-order chi connectivity index (χ0) is 11.6. The predicted octanol–water partition coefficient (Wildman–Crippen LogP) is 3.14. The van der Waals surface area contributed by atoms with Gasteiger partial charge >= 0.3 is 0 Å². The fraction of sp³-hybridized carbons (Fsp3) is 0.333. The molecule has 0 heterocycles. The molecule has 0 saturated heterocycles. The summed E-state index contributed by atoms with van der Waals surface area (Å²) in [6.07, 6.45) is -2.02. The molecule has 0 fully saturated rings. The topological polar surface area (TPSA) is 40.5 Å². The molecule has 0 spiro atoms. The van der Waals surface area contributed by atoms with Crippen LogP contribution in [0.5, 0.6) is 0 Å². The van der Waals surface area contributed by atoms with Gasteiger partial charge in [0.15, 0.2) is 0 Å². The lowest BCUT2D eigenvalue weighted by Gasteiger charge is -2.18. The Balaban J connectivity index is 3.13. The molecule has 0 amide bonds. The van der Waals surface area contributed by atoms with Gasteiger partial charge < -0.3 is 10.2 Å². The first kappa shape index (κ1) is 13.6. The van der Waals surface area contributed by atoms with E-state index in [1.54, 1.807) is 0 Å². The first-order chi connectivity index (χ1) is 6.97. The van der Waals surface area contributed by atoms with Gasteiger partial charge in [0, 0.05) is 19.8 Å². The minimum Gasteiger partial charge on any atom is -0.389 e. The molecule has 0 aliphatic heterocycles. The number of aliphatic hydroxyl groups excluding tert-OH is 2. The van der Waals surface area contributed by atoms with Crippen molar-refractivity contribution in [2.24, 2.45) is 0 Å². The van der Waals surface area contributed by atoms with Crippen LogP contribution in [0.2, 0.25) is 0 Å². The average Bonchev–Trinajstić information content (AvgIpc) is 2.14. The molecule has 1 aromatic carbocycles. The first-order valence-electron chi connectivity index (χ1n) is 4.04. The van der Waals surface area contributed by atoms with Crippen molar-refractivity contribution in [1.29, 1.82) is 0 Å². The highest BCUT2D eigenvalue weighted by atomic mass is 79.9. The molecule has 2 unspecified atom stereocenters. The van der Waals surface area contributed by atoms with Gasteiger partial charge in [0.1, 0.15) is 11.9 Å². The second-order valence-corrected chi connectivity index (χ2v) is 5.31. The lowest BCUT2D eigenvalue weighted by Crippen LogP contribution is -2.20. The largest absolute Gasteiger partial charge is 0.389 e. The molecular weight excluding hydrogens is 399 g/mol. The zero-order valence-corrected chi connectivity index (χ0v) is 12.2. The molecule has 2 atom stereocenters. The third kappa shape index (κ3) is 3.23. The summed E-state index contributed by atoms with van der Waals surface area (Å²) >= 11 is 9.34. The van der Waals surface area contributed by atoms with E-state index in [2.05, 4.69) is 47.8 Å². The van der Waals surface area contributed by atoms with Gasteiger partial charge in [0.2, 0.25) is 0 Å². The van der Waals surface area contributed by atoms with E-state index in [1.165, 1.54) is 12.1 Å². The number of aliphatic hydroxyl groups is 2. The highest BCUT2D eigenvalue weighted by molar-refractivity contribution is 9.11. The molecule has 1 aromatic rings. The van der Waals surface area contributed by atoms with Crippen molar-refractivity contribution in [3.63, 3.8) is 0 Å². The Morgan fingerprint density at radius 3 is 2.07 bits per heavy atom. The van der Waals surface area contributed by atoms with E-state index in [0.29, 0.717) is 14.5 Å². The van der Waals surface area contributed by atoms with Crippen LogP contribution in [-0.2, 0) is 0 Å². The monoisotopic (exact) mass is 404 g/mol. The van der Waals surface area contributed by atoms with Crippen LogP contribution in [0.1, 0.15) is 11.7 Å². The Labute approximate surface area is 112 Å². The Bertz CT molecular complexity index is 336. The molecule has 2 nitrogen and oxygen atoms in total. The van der Waals surface area contributed by atoms with Crippen LogP contribution < -0.4 is 0 Å². The quantitative estimate of drug-likeness (QED) is 0.757. The average molecular weight is 407 g/mol. The summed E-state index contributed by atoms with van der Waals surface area (Å²) in [6, 6.07) is 2.48. The lowest BCUT2D eigenvalue weighted by molar-refractivity contribution is 0.0333. The van der Waals surface area contributed by atoms with Gasteiger partial charge in [0.05, 0.1) is 6.10 Å². The van der Waals surface area contributed by atoms with Gasteiger partial charge in [0.25, 0.3) is 0 Å². The molecule has 0 aliphatic carbocycles. The molecular formula is C9H8Br3FO2. The highest BCUT2D eigenvalue weighted by Gasteiger charge is 2.22. The SMILES string of the molecule is OC(CBr)C(O)c1c(Br)cc(F)cc1Br. The summed E-state index contributed by atoms with van der Waals surface area (Å²) in [7, 11) is 0. The second-order valence-electron chi connectivity index (χ2n) is 2.95. The maximum absolute atomic E-state index is 12.9. The molecule has 15 heavy (non-hydrogen) atoms. The van der Waals surface area contributed by atoms with Gasteiger partial charge in [-0.15, -0.1) is 0 Å². The Kier molecular flexibility index (Phi) is 5.18. The molecule has 84 valence electrons. The standard InChI is InChI=1S/C9H8Br3FO2/c10-3-7(14)9(15)8-5(11)1-4(13)2-6(8)12/h1-2,7,9,14-15H,3H2. The molecule has 2 N–H and O–H groups in total. The van der Waals surface area contributed by atoms with Crippen LogP contribution in [0.25, 0.3) is 0 Å². The highest BCUT2D eigenvalue weighted by Crippen LogP contribution is 2.33. The van der Waals surface area contributed by atoms with Crippen LogP contribution in [0.3, 0.4) is 0 Å². The van der Waals surface area contributed by atoms with Gasteiger partial charge in [-0.05, 0) is 12.1 Å². The van der Waals surface area contributed by atoms with E-state index in [4.69, 9.17) is 0 Å². The maximum Gasteiger partial charge on any atom is 0.125 e. The van der Waals surface area contributed by atoms with Crippen molar-refractivity contribution in [2.75, 3.05) is 5.33 Å². The fourth-order valence-corrected chi connectivity index (χ4v) is 3.07. The number of halogens is 4. The summed E-state index contributed by atoms with van der Waals surface area (Å²) in [5, 5.41) is 19.5. The van der Waals surface area contributed by atoms with Crippen molar-refractivity contribution in [3.05, 3.63) is 32.5 Å². The lowest BCUT2D eigenvalue weighted by atomic mass is 10.1. The Morgan fingerprint density at radius 1 is 1.20 bits per heavy atom. The third-order valence-electron chi connectivity index (χ3n) is 1.86. The molecule has 1 rings (SSSR count). The second kappa shape index (κ2) is 5.72. The summed E-state index contributed by atoms with van der Waals surface area (Å²) < 4.78 is 13.8. The fourth-order valence-electron chi connectivity index (χ4n) is 1.11. The van der Waals surface area contributed by atoms with Crippen molar-refractivity contribution in [2.45, 2.75) is 12.2 Å². The summed E-state index contributed by atoms with van der Waals surface area (Å²) in [6.45, 7) is 0. The number of benzene rings is 1. The third-order valence-corrected chi connectivity index (χ3v) is 3.84. The summed E-state index contributed by atoms with van der Waals surface area (Å²) in [5.41, 5.74) is 0.434. The smallest absolute Gasteiger partial charge is 0.125 e. The van der Waals surface area contributed by atoms with E-state index in [9.17, 15) is 14.6 Å². The Morgan fingerprint density at radius 2 is 1.67 bits per heavy atom. The number of alkyl halides is 1. The minimum absolute atomic E-state index is 0.240. The Hall–Kier alpha value is 0.510. The zero-order valence-electron chi connectivity index (χ0n) is 7.42. The van der Waals surface area contributed by atoms with Gasteiger partial charge in [-0.25, -0.2) is 4.39 Å². The van der Waals surface area contributed by atoms with Crippen LogP contribution in [0, 0.1) is 5.82 Å². The first-order valence-corrected chi connectivity index (χ1v) is 6.74. The number of hydrogen-bond donors (Lipinski definition) is 2. The van der Waals surface area contributed by atoms with Crippen molar-refractivity contribution < 1.29 is 14.6 Å². The van der Waals surface area contributed by atoms with Crippen LogP contribution >= 0.6 is 47.8 Å². The molecule has 0 aliphatic rings. The van der Waals surface area contributed by atoms with Crippen molar-refractivity contribution in [1.82, 2.24) is 0 Å². The molecule has 0 saturated carbocycles. The van der Waals surface area contributed by atoms with Crippen LogP contribution in [0.15, 0.2) is 21.1 Å². The van der Waals surface area contributed by atoms with Crippen molar-refractivity contribution >= 4 is 47.8 Å².